The van der Waals surface area contributed by atoms with E-state index in [9.17, 15) is 10.2 Å². The van der Waals surface area contributed by atoms with Gasteiger partial charge in [-0.2, -0.15) is 15.6 Å². The minimum atomic E-state index is -5.39. The molecular formula is C30H22O10P2-6. The third kappa shape index (κ3) is 9.49. The molecule has 12 heteroatoms. The van der Waals surface area contributed by atoms with Crippen LogP contribution in [-0.2, 0) is 9.13 Å². The Morgan fingerprint density at radius 3 is 0.786 bits per heavy atom. The quantitative estimate of drug-likeness (QED) is 0.285. The molecule has 0 aliphatic rings. The highest BCUT2D eigenvalue weighted by Crippen LogP contribution is 2.55. The summed E-state index contributed by atoms with van der Waals surface area (Å²) in [6.07, 6.45) is 0. The SMILES string of the molecule is O=P([O-])([O-])[O-].O=P([O-])([O-])[O-].Oc1c(-c2ccccc2)c(O)c(-c2ccccc2)c(-c2ccccc2)c1-c1ccccc1. The summed E-state index contributed by atoms with van der Waals surface area (Å²) in [5.74, 6) is 0.136. The van der Waals surface area contributed by atoms with E-state index < -0.39 is 15.6 Å². The molecule has 5 aromatic rings. The number of rotatable bonds is 4. The fourth-order valence-electron chi connectivity index (χ4n) is 4.27. The maximum atomic E-state index is 11.6. The molecule has 0 spiro atoms. The molecule has 5 rings (SSSR count). The molecule has 218 valence electrons. The van der Waals surface area contributed by atoms with Gasteiger partial charge in [-0.15, -0.1) is 0 Å². The van der Waals surface area contributed by atoms with Crippen LogP contribution in [0.15, 0.2) is 121 Å². The first-order chi connectivity index (χ1) is 19.8. The molecule has 0 radical (unpaired) electrons. The first-order valence-electron chi connectivity index (χ1n) is 12.1. The minimum Gasteiger partial charge on any atom is -0.822 e. The molecule has 0 saturated carbocycles. The molecule has 0 heterocycles. The Balaban J connectivity index is 0.000000420. The van der Waals surface area contributed by atoms with Crippen LogP contribution in [0, 0.1) is 0 Å². The highest BCUT2D eigenvalue weighted by Gasteiger charge is 2.27. The topological polar surface area (TPSA) is 213 Å². The van der Waals surface area contributed by atoms with Crippen LogP contribution in [0.1, 0.15) is 0 Å². The zero-order chi connectivity index (χ0) is 30.9. The Morgan fingerprint density at radius 1 is 0.357 bits per heavy atom. The van der Waals surface area contributed by atoms with Gasteiger partial charge in [0.2, 0.25) is 0 Å². The first kappa shape index (κ1) is 32.4. The number of hydrogen-bond acceptors (Lipinski definition) is 10. The summed E-state index contributed by atoms with van der Waals surface area (Å²) in [4.78, 5) is 51.3. The largest absolute Gasteiger partial charge is 0.822 e. The summed E-state index contributed by atoms with van der Waals surface area (Å²) >= 11 is 0. The van der Waals surface area contributed by atoms with Gasteiger partial charge in [0.1, 0.15) is 11.5 Å². The number of phenolic OH excluding ortho intramolecular Hbond substituents is 2. The lowest BCUT2D eigenvalue weighted by molar-refractivity contribution is -0.434. The minimum absolute atomic E-state index is 0.0680. The summed E-state index contributed by atoms with van der Waals surface area (Å²) in [6.45, 7) is 0. The Hall–Kier alpha value is -4.08. The zero-order valence-corrected chi connectivity index (χ0v) is 23.4. The Morgan fingerprint density at radius 2 is 0.548 bits per heavy atom. The van der Waals surface area contributed by atoms with Gasteiger partial charge in [0.05, 0.1) is 5.56 Å². The third-order valence-corrected chi connectivity index (χ3v) is 5.70. The number of phenols is 2. The van der Waals surface area contributed by atoms with Gasteiger partial charge in [0, 0.05) is 16.7 Å². The summed E-state index contributed by atoms with van der Waals surface area (Å²) in [7, 11) is -10.8. The molecule has 2 N–H and O–H groups in total. The predicted octanol–water partition coefficient (Wildman–Crippen LogP) is 2.12. The van der Waals surface area contributed by atoms with Crippen LogP contribution in [0.3, 0.4) is 0 Å². The van der Waals surface area contributed by atoms with Crippen molar-refractivity contribution in [3.8, 4) is 56.0 Å². The van der Waals surface area contributed by atoms with Gasteiger partial charge in [0.15, 0.2) is 0 Å². The zero-order valence-electron chi connectivity index (χ0n) is 21.6. The number of phosphoric acid groups is 2. The summed E-state index contributed by atoms with van der Waals surface area (Å²) in [6, 6.07) is 39.2. The summed E-state index contributed by atoms with van der Waals surface area (Å²) < 4.78 is 17.1. The van der Waals surface area contributed by atoms with Crippen molar-refractivity contribution in [2.24, 2.45) is 0 Å². The molecule has 10 nitrogen and oxygen atoms in total. The van der Waals surface area contributed by atoms with Gasteiger partial charge < -0.3 is 48.7 Å². The van der Waals surface area contributed by atoms with Crippen LogP contribution >= 0.6 is 15.6 Å². The first-order valence-corrected chi connectivity index (χ1v) is 15.0. The third-order valence-electron chi connectivity index (χ3n) is 5.70. The van der Waals surface area contributed by atoms with Crippen molar-refractivity contribution in [1.29, 1.82) is 0 Å². The van der Waals surface area contributed by atoms with Gasteiger partial charge in [0.25, 0.3) is 0 Å². The second kappa shape index (κ2) is 14.2. The fraction of sp³-hybridized carbons (Fsp3) is 0. The van der Waals surface area contributed by atoms with Crippen molar-refractivity contribution in [3.05, 3.63) is 121 Å². The molecule has 0 saturated heterocycles. The van der Waals surface area contributed by atoms with Crippen LogP contribution in [0.4, 0.5) is 0 Å². The van der Waals surface area contributed by atoms with Crippen molar-refractivity contribution in [1.82, 2.24) is 0 Å². The Kier molecular flexibility index (Phi) is 11.0. The predicted molar refractivity (Wildman–Crippen MR) is 147 cm³/mol. The van der Waals surface area contributed by atoms with Crippen LogP contribution in [0.2, 0.25) is 0 Å². The summed E-state index contributed by atoms with van der Waals surface area (Å²) in [5, 5.41) is 23.3. The van der Waals surface area contributed by atoms with Crippen LogP contribution < -0.4 is 29.4 Å². The smallest absolute Gasteiger partial charge is 0.135 e. The van der Waals surface area contributed by atoms with Gasteiger partial charge in [-0.25, -0.2) is 0 Å². The molecule has 0 bridgehead atoms. The van der Waals surface area contributed by atoms with E-state index in [0.29, 0.717) is 16.7 Å². The van der Waals surface area contributed by atoms with Gasteiger partial charge in [-0.1, -0.05) is 121 Å². The van der Waals surface area contributed by atoms with Crippen molar-refractivity contribution in [3.63, 3.8) is 0 Å². The lowest BCUT2D eigenvalue weighted by Gasteiger charge is -2.36. The summed E-state index contributed by atoms with van der Waals surface area (Å²) in [5.41, 5.74) is 6.10. The maximum absolute atomic E-state index is 11.6. The van der Waals surface area contributed by atoms with E-state index in [2.05, 4.69) is 0 Å². The van der Waals surface area contributed by atoms with Crippen molar-refractivity contribution < 1.29 is 48.7 Å². The van der Waals surface area contributed by atoms with Gasteiger partial charge in [-0.05, 0) is 22.3 Å². The highest BCUT2D eigenvalue weighted by atomic mass is 31.2. The number of aromatic hydroxyl groups is 2. The molecule has 0 aliphatic carbocycles. The van der Waals surface area contributed by atoms with E-state index in [-0.39, 0.29) is 11.5 Å². The molecular weight excluding hydrogens is 582 g/mol. The van der Waals surface area contributed by atoms with Crippen molar-refractivity contribution in [2.75, 3.05) is 0 Å². The molecule has 0 aliphatic heterocycles. The Bertz CT molecular complexity index is 1580. The van der Waals surface area contributed by atoms with Crippen LogP contribution in [-0.4, -0.2) is 10.2 Å². The molecule has 0 aromatic heterocycles. The fourth-order valence-corrected chi connectivity index (χ4v) is 4.27. The van der Waals surface area contributed by atoms with Gasteiger partial charge in [-0.3, -0.25) is 0 Å². The van der Waals surface area contributed by atoms with E-state index in [1.54, 1.807) is 0 Å². The van der Waals surface area contributed by atoms with E-state index in [1.165, 1.54) is 0 Å². The average Bonchev–Trinajstić information content (AvgIpc) is 2.93. The molecule has 0 unspecified atom stereocenters. The average molecular weight is 604 g/mol. The second-order valence-electron chi connectivity index (χ2n) is 8.56. The van der Waals surface area contributed by atoms with E-state index in [0.717, 1.165) is 27.8 Å². The molecule has 42 heavy (non-hydrogen) atoms. The lowest BCUT2D eigenvalue weighted by Crippen LogP contribution is -2.24. The van der Waals surface area contributed by atoms with E-state index in [4.69, 9.17) is 38.5 Å². The molecule has 0 atom stereocenters. The molecule has 5 aromatic carbocycles. The standard InChI is InChI=1S/C30H22O2.2H3O4P/c31-29-26(22-15-7-2-8-16-22)25(21-13-5-1-6-14-21)27(23-17-9-3-10-18-23)30(32)28(29)24-19-11-4-12-20-24;2*1-5(2,3)4/h1-20,31-32H;2*(H3,1,2,3,4)/p-6. The monoisotopic (exact) mass is 604 g/mol. The van der Waals surface area contributed by atoms with Crippen molar-refractivity contribution >= 4 is 15.6 Å². The highest BCUT2D eigenvalue weighted by molar-refractivity contribution is 7.40. The molecule has 0 amide bonds. The maximum Gasteiger partial charge on any atom is 0.135 e. The second-order valence-corrected chi connectivity index (χ2v) is 10.3. The van der Waals surface area contributed by atoms with E-state index >= 15 is 0 Å². The normalized spacial score (nSPS) is 11.0. The molecule has 0 fully saturated rings. The van der Waals surface area contributed by atoms with E-state index in [1.807, 2.05) is 121 Å². The number of hydrogen-bond donors (Lipinski definition) is 2. The lowest BCUT2D eigenvalue weighted by atomic mass is 9.83. The van der Waals surface area contributed by atoms with Crippen molar-refractivity contribution in [2.45, 2.75) is 0 Å². The van der Waals surface area contributed by atoms with Crippen LogP contribution in [0.5, 0.6) is 11.5 Å². The number of benzene rings is 5. The Labute approximate surface area is 241 Å². The van der Waals surface area contributed by atoms with Gasteiger partial charge >= 0.3 is 0 Å². The van der Waals surface area contributed by atoms with Crippen LogP contribution in [0.25, 0.3) is 44.5 Å².